The van der Waals surface area contributed by atoms with Gasteiger partial charge in [0, 0.05) is 31.4 Å². The fraction of sp³-hybridized carbons (Fsp3) is 0.469. The first-order valence-corrected chi connectivity index (χ1v) is 18.7. The molecule has 7 rings (SSSR count). The fourth-order valence-electron chi connectivity index (χ4n) is 4.25. The van der Waals surface area contributed by atoms with E-state index in [9.17, 15) is 4.79 Å². The number of halogens is 3. The van der Waals surface area contributed by atoms with Crippen molar-refractivity contribution in [2.75, 3.05) is 23.8 Å². The Morgan fingerprint density at radius 2 is 1.42 bits per heavy atom. The van der Waals surface area contributed by atoms with E-state index in [1.165, 1.54) is 48.5 Å². The Morgan fingerprint density at radius 1 is 0.822 bits per heavy atom. The molecule has 0 aliphatic heterocycles. The zero-order chi connectivity index (χ0) is 32.0. The molecule has 4 aromatic heterocycles. The SMILES string of the molecule is Ic1cccn2c(CCC3CC3)nnc12.NCC1CC1.NNc1ncccc1I.O=C(CCC1CC1)CNc1ncccc1I. The minimum atomic E-state index is 0.286. The number of nitrogen functional groups attached to an aromatic ring is 1. The van der Waals surface area contributed by atoms with E-state index in [0.717, 1.165) is 67.4 Å². The van der Waals surface area contributed by atoms with Crippen LogP contribution in [0.1, 0.15) is 63.6 Å². The molecule has 0 amide bonds. The molecule has 6 N–H and O–H groups in total. The highest BCUT2D eigenvalue weighted by Crippen LogP contribution is 2.34. The number of carbonyl (C=O) groups is 1. The van der Waals surface area contributed by atoms with E-state index in [0.29, 0.717) is 13.0 Å². The number of Topliss-reactive ketones (excluding diaryl/α,β-unsaturated/α-hetero) is 1. The van der Waals surface area contributed by atoms with Crippen LogP contribution in [0.3, 0.4) is 0 Å². The molecule has 3 fully saturated rings. The molecule has 242 valence electrons. The van der Waals surface area contributed by atoms with Crippen molar-refractivity contribution in [3.8, 4) is 0 Å². The first-order valence-electron chi connectivity index (χ1n) is 15.5. The highest BCUT2D eigenvalue weighted by Gasteiger charge is 2.22. The summed E-state index contributed by atoms with van der Waals surface area (Å²) < 4.78 is 5.36. The molecule has 0 spiro atoms. The molecule has 0 atom stereocenters. The van der Waals surface area contributed by atoms with E-state index in [-0.39, 0.29) is 5.78 Å². The maximum atomic E-state index is 11.6. The summed E-state index contributed by atoms with van der Waals surface area (Å²) in [5.74, 6) is 10.8. The van der Waals surface area contributed by atoms with E-state index >= 15 is 0 Å². The maximum Gasteiger partial charge on any atom is 0.174 e. The zero-order valence-corrected chi connectivity index (χ0v) is 31.8. The molecule has 3 saturated carbocycles. The van der Waals surface area contributed by atoms with Gasteiger partial charge in [-0.3, -0.25) is 9.20 Å². The summed E-state index contributed by atoms with van der Waals surface area (Å²) in [4.78, 5) is 19.7. The predicted molar refractivity (Wildman–Crippen MR) is 206 cm³/mol. The standard InChI is InChI=1S/C12H15IN2O.C11H12IN3.C5H6IN3.C4H9N/c13-11-2-1-7-14-12(11)15-8-10(16)6-5-9-3-4-9;12-9-2-1-7-15-10(13-14-11(9)15)6-5-8-3-4-8;6-4-2-1-3-8-5(4)9-7;5-3-4-1-2-4/h1-2,7,9H,3-6,8H2,(H,14,15);1-2,7-8H,3-6H2;1-3H,7H2,(H,8,9);4H,1-3,5H2. The molecule has 10 nitrogen and oxygen atoms in total. The lowest BCUT2D eigenvalue weighted by atomic mass is 10.1. The Morgan fingerprint density at radius 3 is 1.96 bits per heavy atom. The van der Waals surface area contributed by atoms with E-state index in [4.69, 9.17) is 11.6 Å². The number of hydrazine groups is 1. The molecule has 0 aromatic carbocycles. The topological polar surface area (TPSA) is 149 Å². The Hall–Kier alpha value is -1.70. The van der Waals surface area contributed by atoms with Crippen LogP contribution >= 0.6 is 67.8 Å². The summed E-state index contributed by atoms with van der Waals surface area (Å²) in [5, 5.41) is 11.6. The lowest BCUT2D eigenvalue weighted by Gasteiger charge is -2.06. The number of aryl methyl sites for hydroxylation is 1. The normalized spacial score (nSPS) is 15.0. The molecule has 45 heavy (non-hydrogen) atoms. The number of anilines is 2. The van der Waals surface area contributed by atoms with E-state index in [2.05, 4.69) is 121 Å². The molecule has 13 heteroatoms. The van der Waals surface area contributed by atoms with Crippen LogP contribution in [-0.2, 0) is 11.2 Å². The molecule has 3 aliphatic rings. The molecule has 0 unspecified atom stereocenters. The molecule has 4 heterocycles. The summed E-state index contributed by atoms with van der Waals surface area (Å²) in [6.07, 6.45) is 17.8. The van der Waals surface area contributed by atoms with E-state index in [1.54, 1.807) is 12.4 Å². The number of nitrogens with two attached hydrogens (primary N) is 2. The maximum absolute atomic E-state index is 11.6. The van der Waals surface area contributed by atoms with Crippen molar-refractivity contribution in [1.82, 2.24) is 24.6 Å². The Balaban J connectivity index is 0.000000147. The van der Waals surface area contributed by atoms with Crippen LogP contribution in [0.25, 0.3) is 5.65 Å². The highest BCUT2D eigenvalue weighted by atomic mass is 127. The van der Waals surface area contributed by atoms with E-state index < -0.39 is 0 Å². The third kappa shape index (κ3) is 13.5. The van der Waals surface area contributed by atoms with Gasteiger partial charge in [0.2, 0.25) is 0 Å². The van der Waals surface area contributed by atoms with Gasteiger partial charge in [0.15, 0.2) is 17.2 Å². The van der Waals surface area contributed by atoms with Crippen LogP contribution in [0, 0.1) is 28.5 Å². The average Bonchev–Trinajstić information content (AvgIpc) is 3.92. The lowest BCUT2D eigenvalue weighted by molar-refractivity contribution is -0.117. The average molecular weight is 949 g/mol. The second kappa shape index (κ2) is 19.2. The van der Waals surface area contributed by atoms with Gasteiger partial charge in [-0.05, 0) is 154 Å². The largest absolute Gasteiger partial charge is 0.362 e. The predicted octanol–water partition coefficient (Wildman–Crippen LogP) is 6.86. The van der Waals surface area contributed by atoms with Crippen LogP contribution in [-0.4, -0.2) is 43.4 Å². The first-order chi connectivity index (χ1) is 21.9. The van der Waals surface area contributed by atoms with Gasteiger partial charge in [-0.15, -0.1) is 10.2 Å². The zero-order valence-electron chi connectivity index (χ0n) is 25.3. The molecule has 3 aliphatic carbocycles. The molecular formula is C32H42I3N9O. The smallest absolute Gasteiger partial charge is 0.174 e. The summed E-state index contributed by atoms with van der Waals surface area (Å²) in [5.41, 5.74) is 8.70. The number of nitrogens with one attached hydrogen (secondary N) is 2. The van der Waals surface area contributed by atoms with Crippen molar-refractivity contribution >= 4 is 90.8 Å². The third-order valence-electron chi connectivity index (χ3n) is 7.60. The molecule has 4 aromatic rings. The summed E-state index contributed by atoms with van der Waals surface area (Å²) >= 11 is 6.67. The fourth-order valence-corrected chi connectivity index (χ4v) is 5.86. The van der Waals surface area contributed by atoms with Gasteiger partial charge in [0.05, 0.1) is 17.3 Å². The molecular weight excluding hydrogens is 907 g/mol. The number of aromatic nitrogens is 5. The van der Waals surface area contributed by atoms with Gasteiger partial charge < -0.3 is 16.5 Å². The number of ketones is 1. The number of hydrogen-bond acceptors (Lipinski definition) is 9. The Bertz CT molecular complexity index is 1490. The molecule has 0 bridgehead atoms. The molecule has 0 radical (unpaired) electrons. The number of hydrogen-bond donors (Lipinski definition) is 4. The number of rotatable bonds is 11. The van der Waals surface area contributed by atoms with Crippen LogP contribution in [0.15, 0.2) is 55.0 Å². The van der Waals surface area contributed by atoms with Crippen LogP contribution in [0.5, 0.6) is 0 Å². The van der Waals surface area contributed by atoms with Gasteiger partial charge in [-0.2, -0.15) is 0 Å². The second-order valence-electron chi connectivity index (χ2n) is 11.5. The number of nitrogens with zero attached hydrogens (tertiary/aromatic N) is 5. The van der Waals surface area contributed by atoms with Gasteiger partial charge in [0.1, 0.15) is 11.6 Å². The summed E-state index contributed by atoms with van der Waals surface area (Å²) in [6.45, 7) is 1.32. The Kier molecular flexibility index (Phi) is 15.4. The summed E-state index contributed by atoms with van der Waals surface area (Å²) in [7, 11) is 0. The number of carbonyl (C=O) groups excluding carboxylic acids is 1. The van der Waals surface area contributed by atoms with Crippen molar-refractivity contribution in [2.45, 2.75) is 64.2 Å². The van der Waals surface area contributed by atoms with Crippen molar-refractivity contribution in [3.63, 3.8) is 0 Å². The van der Waals surface area contributed by atoms with Crippen molar-refractivity contribution in [1.29, 1.82) is 0 Å². The number of fused-ring (bicyclic) bond motifs is 1. The van der Waals surface area contributed by atoms with Crippen molar-refractivity contribution in [3.05, 3.63) is 71.5 Å². The second-order valence-corrected chi connectivity index (χ2v) is 15.0. The summed E-state index contributed by atoms with van der Waals surface area (Å²) in [6, 6.07) is 11.8. The monoisotopic (exact) mass is 949 g/mol. The first kappa shape index (κ1) is 36.1. The Labute approximate surface area is 306 Å². The van der Waals surface area contributed by atoms with Gasteiger partial charge in [0.25, 0.3) is 0 Å². The van der Waals surface area contributed by atoms with Crippen molar-refractivity contribution < 1.29 is 4.79 Å². The quantitative estimate of drug-likeness (QED) is 0.0719. The van der Waals surface area contributed by atoms with Crippen LogP contribution in [0.2, 0.25) is 0 Å². The van der Waals surface area contributed by atoms with Crippen LogP contribution in [0.4, 0.5) is 11.6 Å². The van der Waals surface area contributed by atoms with Crippen molar-refractivity contribution in [2.24, 2.45) is 29.3 Å². The van der Waals surface area contributed by atoms with Gasteiger partial charge in [-0.1, -0.05) is 25.7 Å². The lowest BCUT2D eigenvalue weighted by Crippen LogP contribution is -2.15. The van der Waals surface area contributed by atoms with Gasteiger partial charge >= 0.3 is 0 Å². The number of pyridine rings is 3. The minimum Gasteiger partial charge on any atom is -0.362 e. The third-order valence-corrected chi connectivity index (χ3v) is 10.2. The van der Waals surface area contributed by atoms with Crippen LogP contribution < -0.4 is 22.3 Å². The molecule has 0 saturated heterocycles. The highest BCUT2D eigenvalue weighted by molar-refractivity contribution is 14.1. The van der Waals surface area contributed by atoms with E-state index in [1.807, 2.05) is 24.3 Å². The minimum absolute atomic E-state index is 0.286. The van der Waals surface area contributed by atoms with Gasteiger partial charge in [-0.25, -0.2) is 15.8 Å².